The normalized spacial score (nSPS) is 16.3. The van der Waals surface area contributed by atoms with Crippen molar-refractivity contribution in [1.29, 1.82) is 0 Å². The van der Waals surface area contributed by atoms with E-state index in [1.165, 1.54) is 10.4 Å². The third-order valence-electron chi connectivity index (χ3n) is 3.47. The molecule has 0 spiro atoms. The fourth-order valence-corrected chi connectivity index (χ4v) is 4.12. The zero-order valence-corrected chi connectivity index (χ0v) is 12.7. The number of carbonyl (C=O) groups excluding carboxylic acids is 1. The molecule has 1 aliphatic heterocycles. The van der Waals surface area contributed by atoms with Gasteiger partial charge in [0.15, 0.2) is 0 Å². The molecule has 0 aromatic heterocycles. The molecular weight excluding hydrogens is 276 g/mol. The fourth-order valence-electron chi connectivity index (χ4n) is 2.35. The highest BCUT2D eigenvalue weighted by Gasteiger charge is 2.29. The Labute approximate surface area is 120 Å². The second-order valence-corrected chi connectivity index (χ2v) is 6.86. The molecule has 0 radical (unpaired) electrons. The Kier molecular flexibility index (Phi) is 4.45. The number of aryl methyl sites for hydroxylation is 1. The van der Waals surface area contributed by atoms with Crippen LogP contribution in [-0.4, -0.2) is 38.3 Å². The molecule has 1 fully saturated rings. The number of nitrogens with zero attached hydrogens (tertiary/aromatic N) is 1. The van der Waals surface area contributed by atoms with Crippen LogP contribution in [0.4, 0.5) is 0 Å². The van der Waals surface area contributed by atoms with Gasteiger partial charge in [-0.1, -0.05) is 6.07 Å². The largest absolute Gasteiger partial charge is 0.352 e. The molecule has 1 aromatic carbocycles. The van der Waals surface area contributed by atoms with Crippen LogP contribution in [0.5, 0.6) is 0 Å². The topological polar surface area (TPSA) is 66.5 Å². The number of sulfonamides is 1. The molecule has 1 saturated heterocycles. The minimum absolute atomic E-state index is 0.239. The van der Waals surface area contributed by atoms with Crippen molar-refractivity contribution in [3.05, 3.63) is 29.3 Å². The molecule has 2 rings (SSSR count). The predicted octanol–water partition coefficient (Wildman–Crippen LogP) is 1.53. The molecule has 1 N–H and O–H groups in total. The molecule has 5 nitrogen and oxygen atoms in total. The molecule has 0 unspecified atom stereocenters. The highest BCUT2D eigenvalue weighted by atomic mass is 32.2. The van der Waals surface area contributed by atoms with E-state index in [4.69, 9.17) is 0 Å². The summed E-state index contributed by atoms with van der Waals surface area (Å²) in [5.74, 6) is -0.245. The summed E-state index contributed by atoms with van der Waals surface area (Å²) in [5, 5.41) is 2.68. The molecule has 1 aromatic rings. The van der Waals surface area contributed by atoms with Gasteiger partial charge in [-0.2, -0.15) is 4.31 Å². The van der Waals surface area contributed by atoms with Gasteiger partial charge < -0.3 is 5.32 Å². The van der Waals surface area contributed by atoms with E-state index in [0.29, 0.717) is 30.8 Å². The number of rotatable bonds is 4. The van der Waals surface area contributed by atoms with Gasteiger partial charge in [-0.25, -0.2) is 8.42 Å². The maximum atomic E-state index is 12.6. The molecule has 0 aliphatic carbocycles. The van der Waals surface area contributed by atoms with Crippen molar-refractivity contribution in [1.82, 2.24) is 9.62 Å². The molecule has 0 bridgehead atoms. The summed E-state index contributed by atoms with van der Waals surface area (Å²) < 4.78 is 26.7. The molecule has 1 aliphatic rings. The number of benzene rings is 1. The van der Waals surface area contributed by atoms with E-state index in [1.807, 2.05) is 6.92 Å². The van der Waals surface area contributed by atoms with Crippen LogP contribution in [0, 0.1) is 6.92 Å². The van der Waals surface area contributed by atoms with Crippen LogP contribution < -0.4 is 5.32 Å². The van der Waals surface area contributed by atoms with Crippen molar-refractivity contribution in [2.75, 3.05) is 19.6 Å². The van der Waals surface area contributed by atoms with Crippen molar-refractivity contribution in [2.45, 2.75) is 31.6 Å². The van der Waals surface area contributed by atoms with Crippen LogP contribution in [0.2, 0.25) is 0 Å². The first-order valence-corrected chi connectivity index (χ1v) is 8.30. The number of hydrogen-bond acceptors (Lipinski definition) is 3. The maximum Gasteiger partial charge on any atom is 0.251 e. The highest BCUT2D eigenvalue weighted by Crippen LogP contribution is 2.24. The summed E-state index contributed by atoms with van der Waals surface area (Å²) >= 11 is 0. The summed E-state index contributed by atoms with van der Waals surface area (Å²) in [7, 11) is -3.49. The molecule has 1 heterocycles. The SMILES string of the molecule is CCNC(=O)c1ccc(C)c(S(=O)(=O)N2CCCC2)c1. The predicted molar refractivity (Wildman–Crippen MR) is 77.2 cm³/mol. The summed E-state index contributed by atoms with van der Waals surface area (Å²) in [6.07, 6.45) is 1.79. The quantitative estimate of drug-likeness (QED) is 0.916. The van der Waals surface area contributed by atoms with Crippen LogP contribution in [0.15, 0.2) is 23.1 Å². The summed E-state index contributed by atoms with van der Waals surface area (Å²) in [4.78, 5) is 12.1. The molecule has 0 saturated carbocycles. The van der Waals surface area contributed by atoms with Crippen LogP contribution in [0.1, 0.15) is 35.7 Å². The Morgan fingerprint density at radius 1 is 1.30 bits per heavy atom. The second kappa shape index (κ2) is 5.93. The Morgan fingerprint density at radius 3 is 2.55 bits per heavy atom. The molecule has 6 heteroatoms. The Bertz CT molecular complexity index is 605. The van der Waals surface area contributed by atoms with Crippen LogP contribution >= 0.6 is 0 Å². The van der Waals surface area contributed by atoms with Crippen molar-refractivity contribution in [3.8, 4) is 0 Å². The van der Waals surface area contributed by atoms with Crippen molar-refractivity contribution in [2.24, 2.45) is 0 Å². The Hall–Kier alpha value is -1.40. The lowest BCUT2D eigenvalue weighted by Gasteiger charge is -2.17. The lowest BCUT2D eigenvalue weighted by atomic mass is 10.1. The van der Waals surface area contributed by atoms with Gasteiger partial charge in [0.2, 0.25) is 10.0 Å². The average Bonchev–Trinajstić information content (AvgIpc) is 2.93. The second-order valence-electron chi connectivity index (χ2n) is 4.95. The van der Waals surface area contributed by atoms with E-state index in [1.54, 1.807) is 19.1 Å². The summed E-state index contributed by atoms with van der Waals surface area (Å²) in [5.41, 5.74) is 1.06. The van der Waals surface area contributed by atoms with Gasteiger partial charge in [0.05, 0.1) is 4.90 Å². The highest BCUT2D eigenvalue weighted by molar-refractivity contribution is 7.89. The van der Waals surface area contributed by atoms with E-state index in [0.717, 1.165) is 12.8 Å². The van der Waals surface area contributed by atoms with E-state index < -0.39 is 10.0 Å². The van der Waals surface area contributed by atoms with E-state index in [2.05, 4.69) is 5.32 Å². The lowest BCUT2D eigenvalue weighted by molar-refractivity contribution is 0.0955. The zero-order chi connectivity index (χ0) is 14.8. The molecule has 1 amide bonds. The number of nitrogens with one attached hydrogen (secondary N) is 1. The zero-order valence-electron chi connectivity index (χ0n) is 11.8. The monoisotopic (exact) mass is 296 g/mol. The van der Waals surface area contributed by atoms with E-state index in [-0.39, 0.29) is 10.8 Å². The molecule has 0 atom stereocenters. The minimum atomic E-state index is -3.49. The van der Waals surface area contributed by atoms with Gasteiger partial charge in [0.1, 0.15) is 0 Å². The average molecular weight is 296 g/mol. The number of hydrogen-bond donors (Lipinski definition) is 1. The summed E-state index contributed by atoms with van der Waals surface area (Å²) in [6.45, 7) is 5.22. The molecular formula is C14H20N2O3S. The van der Waals surface area contributed by atoms with Gasteiger partial charge in [0.25, 0.3) is 5.91 Å². The van der Waals surface area contributed by atoms with E-state index in [9.17, 15) is 13.2 Å². The third kappa shape index (κ3) is 2.86. The molecule has 20 heavy (non-hydrogen) atoms. The number of amides is 1. The van der Waals surface area contributed by atoms with Crippen molar-refractivity contribution >= 4 is 15.9 Å². The van der Waals surface area contributed by atoms with Crippen molar-refractivity contribution in [3.63, 3.8) is 0 Å². The smallest absolute Gasteiger partial charge is 0.251 e. The lowest BCUT2D eigenvalue weighted by Crippen LogP contribution is -2.29. The van der Waals surface area contributed by atoms with Gasteiger partial charge in [-0.3, -0.25) is 4.79 Å². The minimum Gasteiger partial charge on any atom is -0.352 e. The van der Waals surface area contributed by atoms with Crippen molar-refractivity contribution < 1.29 is 13.2 Å². The van der Waals surface area contributed by atoms with Gasteiger partial charge in [-0.15, -0.1) is 0 Å². The van der Waals surface area contributed by atoms with Gasteiger partial charge in [-0.05, 0) is 44.4 Å². The Morgan fingerprint density at radius 2 is 1.95 bits per heavy atom. The standard InChI is InChI=1S/C14H20N2O3S/c1-3-15-14(17)12-7-6-11(2)13(10-12)20(18,19)16-8-4-5-9-16/h6-7,10H,3-5,8-9H2,1-2H3,(H,15,17). The van der Waals surface area contributed by atoms with Crippen LogP contribution in [-0.2, 0) is 10.0 Å². The van der Waals surface area contributed by atoms with Crippen LogP contribution in [0.25, 0.3) is 0 Å². The first-order chi connectivity index (χ1) is 9.46. The molecule has 110 valence electrons. The Balaban J connectivity index is 2.40. The number of carbonyl (C=O) groups is 1. The van der Waals surface area contributed by atoms with E-state index >= 15 is 0 Å². The maximum absolute atomic E-state index is 12.6. The first-order valence-electron chi connectivity index (χ1n) is 6.86. The third-order valence-corrected chi connectivity index (χ3v) is 5.51. The fraction of sp³-hybridized carbons (Fsp3) is 0.500. The summed E-state index contributed by atoms with van der Waals surface area (Å²) in [6, 6.07) is 4.82. The van der Waals surface area contributed by atoms with Gasteiger partial charge in [0, 0.05) is 25.2 Å². The first kappa shape index (κ1) is 15.0. The van der Waals surface area contributed by atoms with Crippen LogP contribution in [0.3, 0.4) is 0 Å². The van der Waals surface area contributed by atoms with Gasteiger partial charge >= 0.3 is 0 Å².